The summed E-state index contributed by atoms with van der Waals surface area (Å²) < 4.78 is 11.9. The lowest BCUT2D eigenvalue weighted by Crippen LogP contribution is -1.93. The molecule has 0 saturated carbocycles. The Bertz CT molecular complexity index is 385. The largest absolute Gasteiger partial charge is 0.478 e. The summed E-state index contributed by atoms with van der Waals surface area (Å²) in [6.07, 6.45) is 22.3. The third-order valence-corrected chi connectivity index (χ3v) is 10.6. The molecule has 0 bridgehead atoms. The Hall–Kier alpha value is 1.18. The van der Waals surface area contributed by atoms with E-state index in [1.54, 1.807) is 21.6 Å². The number of thiocarbonyl (C=S) groups is 2. The highest BCUT2D eigenvalue weighted by molar-refractivity contribution is 8.83. The number of hydrogen-bond donors (Lipinski definition) is 0. The van der Waals surface area contributed by atoms with Gasteiger partial charge < -0.3 is 9.47 Å². The van der Waals surface area contributed by atoms with E-state index in [0.29, 0.717) is 22.0 Å². The highest BCUT2D eigenvalue weighted by atomic mass is 33.1. The molecule has 0 fully saturated rings. The second-order valence-corrected chi connectivity index (χ2v) is 13.9. The van der Waals surface area contributed by atoms with Crippen LogP contribution in [0.2, 0.25) is 0 Å². The summed E-state index contributed by atoms with van der Waals surface area (Å²) in [5, 5.41) is 0. The normalized spacial score (nSPS) is 10.9. The van der Waals surface area contributed by atoms with Gasteiger partial charge in [0.05, 0.1) is 13.2 Å². The first-order chi connectivity index (χ1) is 15.7. The van der Waals surface area contributed by atoms with Gasteiger partial charge in [0, 0.05) is 11.5 Å². The van der Waals surface area contributed by atoms with Gasteiger partial charge in [-0.1, -0.05) is 111 Å². The van der Waals surface area contributed by atoms with Crippen LogP contribution in [-0.4, -0.2) is 33.5 Å². The Labute approximate surface area is 225 Å². The van der Waals surface area contributed by atoms with Crippen LogP contribution in [0.15, 0.2) is 0 Å². The summed E-state index contributed by atoms with van der Waals surface area (Å²) in [6, 6.07) is 0. The topological polar surface area (TPSA) is 18.5 Å². The molecular weight excluding hydrogens is 513 g/mol. The Morgan fingerprint density at radius 2 is 0.719 bits per heavy atom. The molecule has 0 aliphatic rings. The lowest BCUT2D eigenvalue weighted by atomic mass is 10.0. The van der Waals surface area contributed by atoms with Crippen LogP contribution in [0.5, 0.6) is 0 Å². The molecule has 2 nitrogen and oxygen atoms in total. The van der Waals surface area contributed by atoms with Crippen molar-refractivity contribution in [1.29, 1.82) is 0 Å². The zero-order chi connectivity index (χ0) is 23.5. The molecule has 0 aromatic heterocycles. The smallest absolute Gasteiger partial charge is 0.230 e. The minimum Gasteiger partial charge on any atom is -0.478 e. The molecule has 0 saturated heterocycles. The fourth-order valence-electron chi connectivity index (χ4n) is 3.26. The van der Waals surface area contributed by atoms with Crippen LogP contribution < -0.4 is 0 Å². The van der Waals surface area contributed by atoms with Gasteiger partial charge in [-0.3, -0.25) is 0 Å². The van der Waals surface area contributed by atoms with Gasteiger partial charge in [-0.15, -0.1) is 0 Å². The quantitative estimate of drug-likeness (QED) is 0.0691. The van der Waals surface area contributed by atoms with Crippen molar-refractivity contribution in [3.8, 4) is 0 Å². The van der Waals surface area contributed by atoms with E-state index in [2.05, 4.69) is 0 Å². The van der Waals surface area contributed by atoms with Crippen molar-refractivity contribution in [2.75, 3.05) is 24.7 Å². The lowest BCUT2D eigenvalue weighted by molar-refractivity contribution is 0.346. The molecule has 32 heavy (non-hydrogen) atoms. The maximum absolute atomic E-state index is 5.26. The number of unbranched alkanes of at least 4 members (excludes halogenated alkanes) is 15. The molecule has 0 heterocycles. The molecule has 8 heteroatoms. The second kappa shape index (κ2) is 28.4. The molecule has 0 amide bonds. The molecule has 0 aromatic rings. The SMILES string of the molecule is CCOC(=S)SSCCCCCCCCCCCCCCCCCCSSC(=S)OCC. The van der Waals surface area contributed by atoms with Gasteiger partial charge in [0.2, 0.25) is 8.77 Å². The van der Waals surface area contributed by atoms with Crippen molar-refractivity contribution < 1.29 is 9.47 Å². The predicted octanol–water partition coefficient (Wildman–Crippen LogP) is 10.6. The molecule has 0 rings (SSSR count). The van der Waals surface area contributed by atoms with Crippen LogP contribution in [0.1, 0.15) is 117 Å². The molecular formula is C24H46O2S6. The van der Waals surface area contributed by atoms with E-state index in [0.717, 1.165) is 0 Å². The van der Waals surface area contributed by atoms with Gasteiger partial charge in [-0.25, -0.2) is 0 Å². The third-order valence-electron chi connectivity index (χ3n) is 4.98. The third kappa shape index (κ3) is 27.4. The van der Waals surface area contributed by atoms with Crippen LogP contribution in [0.4, 0.5) is 0 Å². The molecule has 0 unspecified atom stereocenters. The fourth-order valence-corrected chi connectivity index (χ4v) is 7.77. The highest BCUT2D eigenvalue weighted by Gasteiger charge is 2.00. The zero-order valence-corrected chi connectivity index (χ0v) is 25.3. The van der Waals surface area contributed by atoms with Crippen LogP contribution in [-0.2, 0) is 9.47 Å². The average Bonchev–Trinajstić information content (AvgIpc) is 2.77. The highest BCUT2D eigenvalue weighted by Crippen LogP contribution is 2.26. The summed E-state index contributed by atoms with van der Waals surface area (Å²) >= 11 is 10.2. The molecule has 0 atom stereocenters. The van der Waals surface area contributed by atoms with E-state index in [9.17, 15) is 0 Å². The molecule has 0 spiro atoms. The summed E-state index contributed by atoms with van der Waals surface area (Å²) in [4.78, 5) is 0. The monoisotopic (exact) mass is 558 g/mol. The standard InChI is InChI=1S/C24H46O2S6/c1-3-25-23(27)31-29-21-19-17-15-13-11-9-7-5-6-8-10-12-14-16-18-20-22-30-32-24(28)26-4-2/h3-22H2,1-2H3. The van der Waals surface area contributed by atoms with Gasteiger partial charge in [-0.05, 0) is 72.7 Å². The molecule has 0 aromatic carbocycles. The summed E-state index contributed by atoms with van der Waals surface area (Å²) in [7, 11) is 6.89. The van der Waals surface area contributed by atoms with Crippen molar-refractivity contribution >= 4 is 76.4 Å². The Morgan fingerprint density at radius 1 is 0.469 bits per heavy atom. The van der Waals surface area contributed by atoms with Crippen molar-refractivity contribution in [2.45, 2.75) is 117 Å². The summed E-state index contributed by atoms with van der Waals surface area (Å²) in [5.41, 5.74) is 0. The van der Waals surface area contributed by atoms with Crippen molar-refractivity contribution in [2.24, 2.45) is 0 Å². The average molecular weight is 559 g/mol. The minimum absolute atomic E-state index is 0.678. The molecule has 190 valence electrons. The second-order valence-electron chi connectivity index (χ2n) is 7.83. The van der Waals surface area contributed by atoms with Gasteiger partial charge in [-0.2, -0.15) is 0 Å². The number of ether oxygens (including phenoxy) is 2. The first-order valence-corrected chi connectivity index (χ1v) is 18.1. The van der Waals surface area contributed by atoms with E-state index in [-0.39, 0.29) is 0 Å². The predicted molar refractivity (Wildman–Crippen MR) is 162 cm³/mol. The first-order valence-electron chi connectivity index (χ1n) is 12.6. The maximum atomic E-state index is 5.26. The number of hydrogen-bond acceptors (Lipinski definition) is 8. The van der Waals surface area contributed by atoms with Crippen molar-refractivity contribution in [3.05, 3.63) is 0 Å². The van der Waals surface area contributed by atoms with E-state index < -0.39 is 0 Å². The van der Waals surface area contributed by atoms with Gasteiger partial charge in [0.15, 0.2) is 0 Å². The van der Waals surface area contributed by atoms with Crippen molar-refractivity contribution in [3.63, 3.8) is 0 Å². The Balaban J connectivity index is 3.08. The lowest BCUT2D eigenvalue weighted by Gasteiger charge is -2.05. The molecule has 0 N–H and O–H groups in total. The van der Waals surface area contributed by atoms with Crippen LogP contribution in [0.3, 0.4) is 0 Å². The van der Waals surface area contributed by atoms with Gasteiger partial charge in [0.25, 0.3) is 0 Å². The molecule has 0 aliphatic carbocycles. The van der Waals surface area contributed by atoms with E-state index in [4.69, 9.17) is 33.9 Å². The first kappa shape index (κ1) is 33.2. The fraction of sp³-hybridized carbons (Fsp3) is 0.917. The van der Waals surface area contributed by atoms with Crippen LogP contribution in [0.25, 0.3) is 0 Å². The van der Waals surface area contributed by atoms with E-state index >= 15 is 0 Å². The Morgan fingerprint density at radius 3 is 0.969 bits per heavy atom. The van der Waals surface area contributed by atoms with Gasteiger partial charge >= 0.3 is 0 Å². The maximum Gasteiger partial charge on any atom is 0.230 e. The van der Waals surface area contributed by atoms with E-state index in [1.807, 2.05) is 35.4 Å². The summed E-state index contributed by atoms with van der Waals surface area (Å²) in [5.74, 6) is 2.36. The van der Waals surface area contributed by atoms with Crippen molar-refractivity contribution in [1.82, 2.24) is 0 Å². The molecule has 0 radical (unpaired) electrons. The van der Waals surface area contributed by atoms with Crippen LogP contribution in [0, 0.1) is 0 Å². The summed E-state index contributed by atoms with van der Waals surface area (Å²) in [6.45, 7) is 5.31. The van der Waals surface area contributed by atoms with Gasteiger partial charge in [0.1, 0.15) is 0 Å². The zero-order valence-electron chi connectivity index (χ0n) is 20.4. The molecule has 0 aliphatic heterocycles. The van der Waals surface area contributed by atoms with E-state index in [1.165, 1.54) is 114 Å². The Kier molecular flexibility index (Phi) is 29.5. The van der Waals surface area contributed by atoms with Crippen LogP contribution >= 0.6 is 67.6 Å². The minimum atomic E-state index is 0.678. The number of rotatable bonds is 23.